The van der Waals surface area contributed by atoms with Crippen LogP contribution in [0.25, 0.3) is 0 Å². The summed E-state index contributed by atoms with van der Waals surface area (Å²) < 4.78 is 11.1. The molecular formula is C13H17ClO2. The summed E-state index contributed by atoms with van der Waals surface area (Å²) in [4.78, 5) is 0. The van der Waals surface area contributed by atoms with Crippen LogP contribution in [-0.4, -0.2) is 19.8 Å². The van der Waals surface area contributed by atoms with Crippen LogP contribution >= 0.6 is 11.6 Å². The van der Waals surface area contributed by atoms with Gasteiger partial charge in [-0.15, -0.1) is 0 Å². The molecule has 3 heteroatoms. The Morgan fingerprint density at radius 3 is 2.88 bits per heavy atom. The van der Waals surface area contributed by atoms with Gasteiger partial charge in [-0.05, 0) is 43.4 Å². The minimum absolute atomic E-state index is 0.618. The van der Waals surface area contributed by atoms with Crippen LogP contribution in [0.2, 0.25) is 5.02 Å². The fourth-order valence-electron chi connectivity index (χ4n) is 1.85. The van der Waals surface area contributed by atoms with Gasteiger partial charge in [-0.3, -0.25) is 0 Å². The van der Waals surface area contributed by atoms with Gasteiger partial charge in [0.25, 0.3) is 0 Å². The molecule has 1 aliphatic rings. The predicted molar refractivity (Wildman–Crippen MR) is 65.2 cm³/mol. The van der Waals surface area contributed by atoms with Gasteiger partial charge in [0.2, 0.25) is 0 Å². The first kappa shape index (κ1) is 11.7. The molecule has 0 N–H and O–H groups in total. The van der Waals surface area contributed by atoms with Crippen molar-refractivity contribution in [1.29, 1.82) is 0 Å². The van der Waals surface area contributed by atoms with Crippen molar-refractivity contribution in [3.8, 4) is 5.75 Å². The number of benzene rings is 1. The third-order valence-electron chi connectivity index (χ3n) is 2.97. The highest BCUT2D eigenvalue weighted by atomic mass is 35.5. The van der Waals surface area contributed by atoms with Gasteiger partial charge < -0.3 is 9.47 Å². The lowest BCUT2D eigenvalue weighted by Crippen LogP contribution is -2.21. The second-order valence-corrected chi connectivity index (χ2v) is 4.71. The second kappa shape index (κ2) is 5.55. The smallest absolute Gasteiger partial charge is 0.123 e. The van der Waals surface area contributed by atoms with Gasteiger partial charge in [-0.25, -0.2) is 0 Å². The SMILES string of the molecule is Cc1ccc(Cl)cc1OCC1CCOCC1. The summed E-state index contributed by atoms with van der Waals surface area (Å²) in [5, 5.41) is 0.729. The molecule has 0 spiro atoms. The molecular weight excluding hydrogens is 224 g/mol. The maximum Gasteiger partial charge on any atom is 0.123 e. The van der Waals surface area contributed by atoms with Gasteiger partial charge in [0.1, 0.15) is 5.75 Å². The number of rotatable bonds is 3. The molecule has 1 aromatic rings. The average molecular weight is 241 g/mol. The van der Waals surface area contributed by atoms with Crippen LogP contribution in [0.3, 0.4) is 0 Å². The number of ether oxygens (including phenoxy) is 2. The molecule has 2 rings (SSSR count). The fourth-order valence-corrected chi connectivity index (χ4v) is 2.01. The maximum absolute atomic E-state index is 5.94. The number of hydrogen-bond donors (Lipinski definition) is 0. The maximum atomic E-state index is 5.94. The number of aryl methyl sites for hydroxylation is 1. The highest BCUT2D eigenvalue weighted by Crippen LogP contribution is 2.24. The van der Waals surface area contributed by atoms with Crippen LogP contribution in [0.1, 0.15) is 18.4 Å². The largest absolute Gasteiger partial charge is 0.493 e. The Morgan fingerprint density at radius 1 is 1.38 bits per heavy atom. The molecule has 0 aromatic heterocycles. The summed E-state index contributed by atoms with van der Waals surface area (Å²) in [5.41, 5.74) is 1.14. The van der Waals surface area contributed by atoms with Gasteiger partial charge in [0.15, 0.2) is 0 Å². The minimum atomic E-state index is 0.618. The Balaban J connectivity index is 1.90. The minimum Gasteiger partial charge on any atom is -0.493 e. The van der Waals surface area contributed by atoms with E-state index in [-0.39, 0.29) is 0 Å². The first-order valence-electron chi connectivity index (χ1n) is 5.72. The van der Waals surface area contributed by atoms with E-state index in [0.29, 0.717) is 5.92 Å². The van der Waals surface area contributed by atoms with Gasteiger partial charge in [0.05, 0.1) is 6.61 Å². The number of hydrogen-bond acceptors (Lipinski definition) is 2. The third-order valence-corrected chi connectivity index (χ3v) is 3.20. The molecule has 1 saturated heterocycles. The van der Waals surface area contributed by atoms with Crippen LogP contribution in [0.5, 0.6) is 5.75 Å². The quantitative estimate of drug-likeness (QED) is 0.806. The summed E-state index contributed by atoms with van der Waals surface area (Å²) in [6, 6.07) is 5.76. The molecule has 1 aromatic carbocycles. The van der Waals surface area contributed by atoms with E-state index in [0.717, 1.165) is 49.0 Å². The lowest BCUT2D eigenvalue weighted by molar-refractivity contribution is 0.0496. The molecule has 0 radical (unpaired) electrons. The molecule has 0 unspecified atom stereocenters. The molecule has 0 saturated carbocycles. The summed E-state index contributed by atoms with van der Waals surface area (Å²) in [6.45, 7) is 4.53. The van der Waals surface area contributed by atoms with Gasteiger partial charge >= 0.3 is 0 Å². The van der Waals surface area contributed by atoms with E-state index in [4.69, 9.17) is 21.1 Å². The topological polar surface area (TPSA) is 18.5 Å². The second-order valence-electron chi connectivity index (χ2n) is 4.28. The summed E-state index contributed by atoms with van der Waals surface area (Å²) in [5.74, 6) is 1.52. The van der Waals surface area contributed by atoms with Gasteiger partial charge in [-0.2, -0.15) is 0 Å². The average Bonchev–Trinajstić information content (AvgIpc) is 2.32. The zero-order valence-corrected chi connectivity index (χ0v) is 10.3. The first-order chi connectivity index (χ1) is 7.75. The standard InChI is InChI=1S/C13H17ClO2/c1-10-2-3-12(14)8-13(10)16-9-11-4-6-15-7-5-11/h2-3,8,11H,4-7,9H2,1H3. The van der Waals surface area contributed by atoms with Crippen molar-refractivity contribution in [2.75, 3.05) is 19.8 Å². The molecule has 88 valence electrons. The summed E-state index contributed by atoms with van der Waals surface area (Å²) >= 11 is 5.94. The Labute approximate surface area is 102 Å². The zero-order chi connectivity index (χ0) is 11.4. The van der Waals surface area contributed by atoms with Crippen LogP contribution < -0.4 is 4.74 Å². The van der Waals surface area contributed by atoms with E-state index in [1.54, 1.807) is 0 Å². The molecule has 1 fully saturated rings. The van der Waals surface area contributed by atoms with E-state index in [2.05, 4.69) is 0 Å². The number of halogens is 1. The lowest BCUT2D eigenvalue weighted by atomic mass is 10.0. The highest BCUT2D eigenvalue weighted by Gasteiger charge is 2.14. The Bertz CT molecular complexity index is 346. The Kier molecular flexibility index (Phi) is 4.08. The van der Waals surface area contributed by atoms with E-state index in [9.17, 15) is 0 Å². The van der Waals surface area contributed by atoms with Gasteiger partial charge in [-0.1, -0.05) is 17.7 Å². The summed E-state index contributed by atoms with van der Waals surface area (Å²) in [7, 11) is 0. The molecule has 0 aliphatic carbocycles. The molecule has 16 heavy (non-hydrogen) atoms. The summed E-state index contributed by atoms with van der Waals surface area (Å²) in [6.07, 6.45) is 2.19. The Morgan fingerprint density at radius 2 is 2.12 bits per heavy atom. The van der Waals surface area contributed by atoms with E-state index in [1.165, 1.54) is 0 Å². The van der Waals surface area contributed by atoms with Crippen LogP contribution in [0.4, 0.5) is 0 Å². The molecule has 1 aliphatic heterocycles. The third kappa shape index (κ3) is 3.13. The van der Waals surface area contributed by atoms with E-state index >= 15 is 0 Å². The van der Waals surface area contributed by atoms with Gasteiger partial charge in [0, 0.05) is 18.2 Å². The predicted octanol–water partition coefficient (Wildman–Crippen LogP) is 3.45. The van der Waals surface area contributed by atoms with Crippen molar-refractivity contribution in [2.24, 2.45) is 5.92 Å². The molecule has 2 nitrogen and oxygen atoms in total. The van der Waals surface area contributed by atoms with Crippen molar-refractivity contribution >= 4 is 11.6 Å². The fraction of sp³-hybridized carbons (Fsp3) is 0.538. The molecule has 1 heterocycles. The zero-order valence-electron chi connectivity index (χ0n) is 9.54. The van der Waals surface area contributed by atoms with Crippen molar-refractivity contribution in [2.45, 2.75) is 19.8 Å². The monoisotopic (exact) mass is 240 g/mol. The highest BCUT2D eigenvalue weighted by molar-refractivity contribution is 6.30. The Hall–Kier alpha value is -0.730. The lowest BCUT2D eigenvalue weighted by Gasteiger charge is -2.22. The molecule has 0 amide bonds. The van der Waals surface area contributed by atoms with Crippen LogP contribution in [0, 0.1) is 12.8 Å². The molecule has 0 atom stereocenters. The van der Waals surface area contributed by atoms with E-state index in [1.807, 2.05) is 25.1 Å². The first-order valence-corrected chi connectivity index (χ1v) is 6.10. The van der Waals surface area contributed by atoms with Crippen molar-refractivity contribution in [1.82, 2.24) is 0 Å². The molecule has 0 bridgehead atoms. The van der Waals surface area contributed by atoms with Crippen LogP contribution in [0.15, 0.2) is 18.2 Å². The van der Waals surface area contributed by atoms with Crippen molar-refractivity contribution in [3.63, 3.8) is 0 Å². The normalized spacial score (nSPS) is 17.4. The van der Waals surface area contributed by atoms with E-state index < -0.39 is 0 Å². The van der Waals surface area contributed by atoms with Crippen molar-refractivity contribution in [3.05, 3.63) is 28.8 Å². The van der Waals surface area contributed by atoms with Crippen molar-refractivity contribution < 1.29 is 9.47 Å². The van der Waals surface area contributed by atoms with Crippen LogP contribution in [-0.2, 0) is 4.74 Å².